The van der Waals surface area contributed by atoms with Gasteiger partial charge in [-0.1, -0.05) is 22.0 Å². The Kier molecular flexibility index (Phi) is 7.72. The highest BCUT2D eigenvalue weighted by Gasteiger charge is 2.05. The molecule has 5 nitrogen and oxygen atoms in total. The molecule has 0 aliphatic carbocycles. The van der Waals surface area contributed by atoms with E-state index in [1.165, 1.54) is 0 Å². The van der Waals surface area contributed by atoms with Crippen molar-refractivity contribution in [3.05, 3.63) is 28.7 Å². The highest BCUT2D eigenvalue weighted by Crippen LogP contribution is 2.17. The van der Waals surface area contributed by atoms with Crippen molar-refractivity contribution >= 4 is 27.8 Å². The largest absolute Gasteiger partial charge is 0.493 e. The molecule has 0 unspecified atom stereocenters. The number of nitrogens with one attached hydrogen (secondary N) is 1. The Morgan fingerprint density at radius 1 is 1.30 bits per heavy atom. The minimum Gasteiger partial charge on any atom is -0.493 e. The number of esters is 1. The molecule has 110 valence electrons. The number of carbonyl (C=O) groups is 2. The number of amides is 1. The van der Waals surface area contributed by atoms with E-state index in [9.17, 15) is 9.59 Å². The molecule has 0 radical (unpaired) electrons. The first-order valence-corrected chi connectivity index (χ1v) is 7.21. The monoisotopic (exact) mass is 343 g/mol. The summed E-state index contributed by atoms with van der Waals surface area (Å²) in [5.74, 6) is 0.251. The van der Waals surface area contributed by atoms with Crippen molar-refractivity contribution in [2.45, 2.75) is 19.8 Å². The number of ether oxygens (including phenoxy) is 2. The van der Waals surface area contributed by atoms with Crippen molar-refractivity contribution in [2.75, 3.05) is 19.8 Å². The summed E-state index contributed by atoms with van der Waals surface area (Å²) in [6.07, 6.45) is 0.432. The normalized spacial score (nSPS) is 9.90. The smallest absolute Gasteiger partial charge is 0.307 e. The van der Waals surface area contributed by atoms with Crippen LogP contribution >= 0.6 is 15.9 Å². The van der Waals surface area contributed by atoms with E-state index < -0.39 is 0 Å². The molecule has 0 bridgehead atoms. The van der Waals surface area contributed by atoms with E-state index in [-0.39, 0.29) is 31.3 Å². The number of halogens is 1. The average Bonchev–Trinajstić information content (AvgIpc) is 2.39. The van der Waals surface area contributed by atoms with Gasteiger partial charge in [-0.15, -0.1) is 0 Å². The second-order valence-electron chi connectivity index (χ2n) is 3.96. The fourth-order valence-electron chi connectivity index (χ4n) is 1.44. The molecule has 0 aromatic heterocycles. The fourth-order valence-corrected chi connectivity index (χ4v) is 1.82. The Morgan fingerprint density at radius 2 is 2.10 bits per heavy atom. The SMILES string of the molecule is CCOC(=O)CCNC(=O)CCOc1cccc(Br)c1. The summed E-state index contributed by atoms with van der Waals surface area (Å²) < 4.78 is 11.1. The van der Waals surface area contributed by atoms with Crippen LogP contribution < -0.4 is 10.1 Å². The second-order valence-corrected chi connectivity index (χ2v) is 4.88. The first kappa shape index (κ1) is 16.5. The Labute approximate surface area is 126 Å². The number of benzene rings is 1. The first-order chi connectivity index (χ1) is 9.61. The standard InChI is InChI=1S/C14H18BrNO4/c1-2-19-14(18)6-8-16-13(17)7-9-20-12-5-3-4-11(15)10-12/h3-5,10H,2,6-9H2,1H3,(H,16,17). The lowest BCUT2D eigenvalue weighted by Gasteiger charge is -2.07. The molecule has 1 rings (SSSR count). The Balaban J connectivity index is 2.13. The van der Waals surface area contributed by atoms with Crippen molar-refractivity contribution in [3.8, 4) is 5.75 Å². The molecule has 0 aliphatic heterocycles. The van der Waals surface area contributed by atoms with E-state index in [0.29, 0.717) is 19.0 Å². The van der Waals surface area contributed by atoms with Gasteiger partial charge in [0.05, 0.1) is 26.1 Å². The van der Waals surface area contributed by atoms with Crippen LogP contribution in [0.25, 0.3) is 0 Å². The maximum atomic E-state index is 11.5. The summed E-state index contributed by atoms with van der Waals surface area (Å²) in [6.45, 7) is 2.68. The predicted molar refractivity (Wildman–Crippen MR) is 78.5 cm³/mol. The van der Waals surface area contributed by atoms with Crippen LogP contribution in [0.1, 0.15) is 19.8 Å². The number of hydrogen-bond donors (Lipinski definition) is 1. The number of rotatable bonds is 8. The Bertz CT molecular complexity index is 451. The summed E-state index contributed by atoms with van der Waals surface area (Å²) in [6, 6.07) is 7.41. The van der Waals surface area contributed by atoms with Crippen molar-refractivity contribution in [1.82, 2.24) is 5.32 Å². The molecule has 0 heterocycles. The molecule has 0 aliphatic rings. The minimum atomic E-state index is -0.307. The van der Waals surface area contributed by atoms with Crippen LogP contribution in [0, 0.1) is 0 Å². The molecular weight excluding hydrogens is 326 g/mol. The molecule has 6 heteroatoms. The van der Waals surface area contributed by atoms with Gasteiger partial charge < -0.3 is 14.8 Å². The molecule has 0 atom stereocenters. The zero-order valence-electron chi connectivity index (χ0n) is 11.4. The predicted octanol–water partition coefficient (Wildman–Crippen LogP) is 2.29. The lowest BCUT2D eigenvalue weighted by molar-refractivity contribution is -0.143. The molecule has 0 spiro atoms. The maximum absolute atomic E-state index is 11.5. The summed E-state index contributed by atoms with van der Waals surface area (Å²) in [7, 11) is 0. The lowest BCUT2D eigenvalue weighted by Crippen LogP contribution is -2.27. The van der Waals surface area contributed by atoms with Crippen molar-refractivity contribution in [2.24, 2.45) is 0 Å². The molecule has 0 saturated heterocycles. The van der Waals surface area contributed by atoms with Gasteiger partial charge in [-0.2, -0.15) is 0 Å². The lowest BCUT2D eigenvalue weighted by atomic mass is 10.3. The summed E-state index contributed by atoms with van der Waals surface area (Å²) >= 11 is 3.34. The van der Waals surface area contributed by atoms with Crippen molar-refractivity contribution < 1.29 is 19.1 Å². The summed E-state index contributed by atoms with van der Waals surface area (Å²) in [5, 5.41) is 2.64. The number of hydrogen-bond acceptors (Lipinski definition) is 4. The van der Waals surface area contributed by atoms with Gasteiger partial charge in [-0.05, 0) is 25.1 Å². The van der Waals surface area contributed by atoms with E-state index >= 15 is 0 Å². The highest BCUT2D eigenvalue weighted by atomic mass is 79.9. The van der Waals surface area contributed by atoms with Crippen LogP contribution in [-0.4, -0.2) is 31.6 Å². The molecular formula is C14H18BrNO4. The maximum Gasteiger partial charge on any atom is 0.307 e. The second kappa shape index (κ2) is 9.36. The zero-order valence-corrected chi connectivity index (χ0v) is 12.9. The molecule has 1 aromatic carbocycles. The minimum absolute atomic E-state index is 0.149. The van der Waals surface area contributed by atoms with Crippen LogP contribution in [-0.2, 0) is 14.3 Å². The Morgan fingerprint density at radius 3 is 2.80 bits per heavy atom. The van der Waals surface area contributed by atoms with E-state index in [0.717, 1.165) is 4.47 Å². The van der Waals surface area contributed by atoms with Crippen molar-refractivity contribution in [3.63, 3.8) is 0 Å². The molecule has 1 amide bonds. The van der Waals surface area contributed by atoms with Gasteiger partial charge in [-0.25, -0.2) is 0 Å². The molecule has 1 aromatic rings. The van der Waals surface area contributed by atoms with E-state index in [1.807, 2.05) is 24.3 Å². The molecule has 0 saturated carbocycles. The van der Waals surface area contributed by atoms with Crippen LogP contribution in [0.5, 0.6) is 5.75 Å². The van der Waals surface area contributed by atoms with Crippen LogP contribution in [0.4, 0.5) is 0 Å². The third-order valence-electron chi connectivity index (χ3n) is 2.35. The first-order valence-electron chi connectivity index (χ1n) is 6.42. The van der Waals surface area contributed by atoms with Gasteiger partial charge in [0.2, 0.25) is 5.91 Å². The van der Waals surface area contributed by atoms with E-state index in [2.05, 4.69) is 21.2 Å². The van der Waals surface area contributed by atoms with Gasteiger partial charge in [0.1, 0.15) is 5.75 Å². The van der Waals surface area contributed by atoms with Gasteiger partial charge >= 0.3 is 5.97 Å². The third kappa shape index (κ3) is 7.13. The molecule has 1 N–H and O–H groups in total. The van der Waals surface area contributed by atoms with Gasteiger partial charge in [-0.3, -0.25) is 9.59 Å². The third-order valence-corrected chi connectivity index (χ3v) is 2.84. The highest BCUT2D eigenvalue weighted by molar-refractivity contribution is 9.10. The zero-order chi connectivity index (χ0) is 14.8. The van der Waals surface area contributed by atoms with Crippen LogP contribution in [0.3, 0.4) is 0 Å². The van der Waals surface area contributed by atoms with Crippen molar-refractivity contribution in [1.29, 1.82) is 0 Å². The number of carbonyl (C=O) groups excluding carboxylic acids is 2. The Hall–Kier alpha value is -1.56. The fraction of sp³-hybridized carbons (Fsp3) is 0.429. The van der Waals surface area contributed by atoms with E-state index in [4.69, 9.17) is 9.47 Å². The topological polar surface area (TPSA) is 64.6 Å². The molecule has 0 fully saturated rings. The van der Waals surface area contributed by atoms with Crippen LogP contribution in [0.2, 0.25) is 0 Å². The average molecular weight is 344 g/mol. The molecule has 20 heavy (non-hydrogen) atoms. The quantitative estimate of drug-likeness (QED) is 0.735. The van der Waals surface area contributed by atoms with Gasteiger partial charge in [0, 0.05) is 11.0 Å². The van der Waals surface area contributed by atoms with Gasteiger partial charge in [0.15, 0.2) is 0 Å². The van der Waals surface area contributed by atoms with Gasteiger partial charge in [0.25, 0.3) is 0 Å². The summed E-state index contributed by atoms with van der Waals surface area (Å²) in [4.78, 5) is 22.5. The van der Waals surface area contributed by atoms with Crippen LogP contribution in [0.15, 0.2) is 28.7 Å². The summed E-state index contributed by atoms with van der Waals surface area (Å²) in [5.41, 5.74) is 0. The van der Waals surface area contributed by atoms with E-state index in [1.54, 1.807) is 6.92 Å².